The molecule has 0 bridgehead atoms. The van der Waals surface area contributed by atoms with Crippen LogP contribution in [0.4, 0.5) is 5.69 Å². The highest BCUT2D eigenvalue weighted by Crippen LogP contribution is 2.26. The van der Waals surface area contributed by atoms with Gasteiger partial charge in [0.15, 0.2) is 11.7 Å². The summed E-state index contributed by atoms with van der Waals surface area (Å²) >= 11 is 0. The quantitative estimate of drug-likeness (QED) is 0.427. The number of nitrogens with one attached hydrogen (secondary N) is 2. The van der Waals surface area contributed by atoms with Crippen molar-refractivity contribution in [2.75, 3.05) is 5.32 Å². The number of ether oxygens (including phenoxy) is 1. The summed E-state index contributed by atoms with van der Waals surface area (Å²) in [6.07, 6.45) is 0.213. The molecule has 2 rings (SSSR count). The Morgan fingerprint density at radius 1 is 1.50 bits per heavy atom. The van der Waals surface area contributed by atoms with Crippen LogP contribution in [0.2, 0.25) is 0 Å². The van der Waals surface area contributed by atoms with E-state index in [9.17, 15) is 4.79 Å². The number of anilines is 1. The molecule has 22 heavy (non-hydrogen) atoms. The van der Waals surface area contributed by atoms with E-state index >= 15 is 0 Å². The van der Waals surface area contributed by atoms with E-state index in [0.717, 1.165) is 5.56 Å². The molecule has 0 fully saturated rings. The fourth-order valence-corrected chi connectivity index (χ4v) is 1.89. The van der Waals surface area contributed by atoms with Gasteiger partial charge in [-0.05, 0) is 30.7 Å². The maximum atomic E-state index is 10.4. The van der Waals surface area contributed by atoms with E-state index in [-0.39, 0.29) is 18.4 Å². The summed E-state index contributed by atoms with van der Waals surface area (Å²) in [5.41, 5.74) is 7.36. The number of carbonyl (C=O) groups excluding carboxylic acids is 1. The first-order chi connectivity index (χ1) is 10.1. The molecule has 1 aromatic carbocycles. The van der Waals surface area contributed by atoms with Crippen LogP contribution in [0.3, 0.4) is 0 Å². The van der Waals surface area contributed by atoms with Gasteiger partial charge in [-0.3, -0.25) is 10.2 Å². The van der Waals surface area contributed by atoms with Crippen molar-refractivity contribution in [3.63, 3.8) is 0 Å². The molecule has 0 radical (unpaired) electrons. The van der Waals surface area contributed by atoms with Crippen molar-refractivity contribution in [2.24, 2.45) is 5.73 Å². The van der Waals surface area contributed by atoms with Gasteiger partial charge in [-0.2, -0.15) is 0 Å². The molecular formula is C14H17ClN4O3. The van der Waals surface area contributed by atoms with Crippen molar-refractivity contribution in [2.45, 2.75) is 19.4 Å². The van der Waals surface area contributed by atoms with E-state index in [0.29, 0.717) is 30.0 Å². The summed E-state index contributed by atoms with van der Waals surface area (Å²) in [5.74, 6) is 0.453. The van der Waals surface area contributed by atoms with Crippen LogP contribution in [0.5, 0.6) is 0 Å². The maximum absolute atomic E-state index is 10.4. The van der Waals surface area contributed by atoms with Crippen molar-refractivity contribution in [3.8, 4) is 11.3 Å². The van der Waals surface area contributed by atoms with Crippen LogP contribution < -0.4 is 11.1 Å². The zero-order valence-corrected chi connectivity index (χ0v) is 12.7. The van der Waals surface area contributed by atoms with E-state index in [1.54, 1.807) is 18.2 Å². The average Bonchev–Trinajstić information content (AvgIpc) is 2.94. The van der Waals surface area contributed by atoms with Crippen LogP contribution in [0.1, 0.15) is 25.1 Å². The first kappa shape index (κ1) is 17.5. The highest BCUT2D eigenvalue weighted by molar-refractivity contribution is 5.89. The lowest BCUT2D eigenvalue weighted by molar-refractivity contribution is -0.134. The maximum Gasteiger partial charge on any atom is 0.293 e. The molecule has 0 amide bonds. The predicted octanol–water partition coefficient (Wildman–Crippen LogP) is 2.69. The van der Waals surface area contributed by atoms with Gasteiger partial charge in [-0.1, -0.05) is 12.1 Å². The van der Waals surface area contributed by atoms with Gasteiger partial charge in [0.05, 0.1) is 0 Å². The van der Waals surface area contributed by atoms with Crippen LogP contribution in [0, 0.1) is 5.41 Å². The summed E-state index contributed by atoms with van der Waals surface area (Å²) in [7, 11) is 0. The summed E-state index contributed by atoms with van der Waals surface area (Å²) in [5, 5.41) is 13.8. The number of hydrogen-bond donors (Lipinski definition) is 3. The SMILES string of the molecule is CCC(OC=O)c1cc(-c2ccc(NC(=N)N)cc2)on1.Cl. The van der Waals surface area contributed by atoms with Crippen LogP contribution in [0.15, 0.2) is 34.9 Å². The van der Waals surface area contributed by atoms with Gasteiger partial charge in [0.1, 0.15) is 11.8 Å². The molecule has 1 aromatic heterocycles. The van der Waals surface area contributed by atoms with Crippen LogP contribution in [-0.2, 0) is 9.53 Å². The van der Waals surface area contributed by atoms with Gasteiger partial charge in [0.2, 0.25) is 0 Å². The van der Waals surface area contributed by atoms with E-state index < -0.39 is 6.10 Å². The Morgan fingerprint density at radius 2 is 2.18 bits per heavy atom. The number of carbonyl (C=O) groups is 1. The van der Waals surface area contributed by atoms with Gasteiger partial charge in [-0.15, -0.1) is 12.4 Å². The zero-order valence-electron chi connectivity index (χ0n) is 11.9. The molecule has 0 aliphatic heterocycles. The van der Waals surface area contributed by atoms with Crippen LogP contribution >= 0.6 is 12.4 Å². The minimum absolute atomic E-state index is 0. The minimum Gasteiger partial charge on any atom is -0.458 e. The van der Waals surface area contributed by atoms with Gasteiger partial charge in [-0.25, -0.2) is 0 Å². The van der Waals surface area contributed by atoms with Crippen molar-refractivity contribution >= 4 is 30.5 Å². The molecule has 1 unspecified atom stereocenters. The molecule has 0 aliphatic carbocycles. The van der Waals surface area contributed by atoms with Crippen LogP contribution in [0.25, 0.3) is 11.3 Å². The third kappa shape index (κ3) is 4.23. The molecule has 4 N–H and O–H groups in total. The third-order valence-corrected chi connectivity index (χ3v) is 2.90. The lowest BCUT2D eigenvalue weighted by atomic mass is 10.1. The van der Waals surface area contributed by atoms with Crippen molar-refractivity contribution in [1.29, 1.82) is 5.41 Å². The Balaban J connectivity index is 0.00000242. The Hall–Kier alpha value is -2.54. The largest absolute Gasteiger partial charge is 0.458 e. The molecule has 0 spiro atoms. The second kappa shape index (κ2) is 8.04. The second-order valence-electron chi connectivity index (χ2n) is 4.36. The van der Waals surface area contributed by atoms with E-state index in [1.807, 2.05) is 19.1 Å². The lowest BCUT2D eigenvalue weighted by Gasteiger charge is -2.07. The molecule has 7 nitrogen and oxygen atoms in total. The Kier molecular flexibility index (Phi) is 6.40. The highest BCUT2D eigenvalue weighted by Gasteiger charge is 2.16. The smallest absolute Gasteiger partial charge is 0.293 e. The number of nitrogens with zero attached hydrogens (tertiary/aromatic N) is 1. The molecular weight excluding hydrogens is 308 g/mol. The van der Waals surface area contributed by atoms with Crippen molar-refractivity contribution < 1.29 is 14.1 Å². The monoisotopic (exact) mass is 324 g/mol. The number of rotatable bonds is 6. The molecule has 1 atom stereocenters. The standard InChI is InChI=1S/C14H16N4O3.ClH/c1-2-12(20-8-19)11-7-13(21-18-11)9-3-5-10(6-4-9)17-14(15)16;/h3-8,12H,2H2,1H3,(H4,15,16,17);1H. The fraction of sp³-hybridized carbons (Fsp3) is 0.214. The van der Waals surface area contributed by atoms with E-state index in [2.05, 4.69) is 10.5 Å². The topological polar surface area (TPSA) is 114 Å². The first-order valence-electron chi connectivity index (χ1n) is 6.41. The summed E-state index contributed by atoms with van der Waals surface area (Å²) in [4.78, 5) is 10.4. The number of guanidine groups is 1. The molecule has 0 saturated carbocycles. The Labute approximate surface area is 133 Å². The Morgan fingerprint density at radius 3 is 2.73 bits per heavy atom. The second-order valence-corrected chi connectivity index (χ2v) is 4.36. The fourth-order valence-electron chi connectivity index (χ4n) is 1.89. The van der Waals surface area contributed by atoms with Crippen molar-refractivity contribution in [1.82, 2.24) is 5.16 Å². The van der Waals surface area contributed by atoms with E-state index in [1.165, 1.54) is 0 Å². The van der Waals surface area contributed by atoms with Gasteiger partial charge in [0, 0.05) is 17.3 Å². The summed E-state index contributed by atoms with van der Waals surface area (Å²) in [6, 6.07) is 8.93. The molecule has 2 aromatic rings. The first-order valence-corrected chi connectivity index (χ1v) is 6.41. The lowest BCUT2D eigenvalue weighted by Crippen LogP contribution is -2.20. The number of hydrogen-bond acceptors (Lipinski definition) is 5. The normalized spacial score (nSPS) is 11.1. The Bertz CT molecular complexity index is 627. The highest BCUT2D eigenvalue weighted by atomic mass is 35.5. The molecule has 0 saturated heterocycles. The molecule has 118 valence electrons. The average molecular weight is 325 g/mol. The third-order valence-electron chi connectivity index (χ3n) is 2.90. The van der Waals surface area contributed by atoms with Gasteiger partial charge in [0.25, 0.3) is 6.47 Å². The number of nitrogens with two attached hydrogens (primary N) is 1. The summed E-state index contributed by atoms with van der Waals surface area (Å²) in [6.45, 7) is 2.30. The predicted molar refractivity (Wildman–Crippen MR) is 84.9 cm³/mol. The number of benzene rings is 1. The summed E-state index contributed by atoms with van der Waals surface area (Å²) < 4.78 is 10.2. The minimum atomic E-state index is -0.404. The molecule has 8 heteroatoms. The van der Waals surface area contributed by atoms with Gasteiger partial charge < -0.3 is 20.3 Å². The van der Waals surface area contributed by atoms with Crippen LogP contribution in [-0.4, -0.2) is 17.6 Å². The molecule has 0 aliphatic rings. The van der Waals surface area contributed by atoms with E-state index in [4.69, 9.17) is 20.4 Å². The van der Waals surface area contributed by atoms with Crippen molar-refractivity contribution in [3.05, 3.63) is 36.0 Å². The number of halogens is 1. The molecule has 1 heterocycles. The zero-order chi connectivity index (χ0) is 15.2. The number of aromatic nitrogens is 1. The van der Waals surface area contributed by atoms with Gasteiger partial charge >= 0.3 is 0 Å².